The number of hydrogen-bond donors (Lipinski definition) is 0. The Morgan fingerprint density at radius 3 is 2.00 bits per heavy atom. The summed E-state index contributed by atoms with van der Waals surface area (Å²) in [7, 11) is 0. The topological polar surface area (TPSA) is 52.6 Å². The molecule has 0 radical (unpaired) electrons. The first-order chi connectivity index (χ1) is 9.81. The Kier molecular flexibility index (Phi) is 8.19. The Morgan fingerprint density at radius 1 is 1.14 bits per heavy atom. The van der Waals surface area contributed by atoms with E-state index >= 15 is 0 Å². The van der Waals surface area contributed by atoms with Gasteiger partial charge in [-0.25, -0.2) is 8.78 Å². The maximum atomic E-state index is 13.6. The van der Waals surface area contributed by atoms with Crippen LogP contribution in [0, 0.1) is 17.6 Å². The van der Waals surface area contributed by atoms with Gasteiger partial charge in [-0.3, -0.25) is 9.59 Å². The van der Waals surface area contributed by atoms with Crippen LogP contribution in [0.3, 0.4) is 0 Å². The predicted molar refractivity (Wildman–Crippen MR) is 73.6 cm³/mol. The molecule has 0 atom stereocenters. The fraction of sp³-hybridized carbons (Fsp3) is 0.467. The van der Waals surface area contributed by atoms with Crippen molar-refractivity contribution in [2.45, 2.75) is 41.2 Å². The zero-order valence-electron chi connectivity index (χ0n) is 12.8. The maximum Gasteiger partial charge on any atom is 0.313 e. The van der Waals surface area contributed by atoms with Gasteiger partial charge in [-0.1, -0.05) is 27.7 Å². The zero-order valence-corrected chi connectivity index (χ0v) is 12.8. The normalized spacial score (nSPS) is 9.71. The molecule has 118 valence electrons. The van der Waals surface area contributed by atoms with Gasteiger partial charge in [0.1, 0.15) is 6.61 Å². The minimum absolute atomic E-state index is 0.134. The first kappa shape index (κ1) is 19.0. The molecule has 0 amide bonds. The Morgan fingerprint density at radius 2 is 1.62 bits per heavy atom. The second-order valence-corrected chi connectivity index (χ2v) is 4.24. The molecule has 0 aliphatic heterocycles. The first-order valence-corrected chi connectivity index (χ1v) is 6.64. The third-order valence-electron chi connectivity index (χ3n) is 2.17. The molecule has 0 N–H and O–H groups in total. The third kappa shape index (κ3) is 6.33. The summed E-state index contributed by atoms with van der Waals surface area (Å²) in [5, 5.41) is 0. The molecule has 0 spiro atoms. The van der Waals surface area contributed by atoms with Crippen LogP contribution in [0.2, 0.25) is 0 Å². The van der Waals surface area contributed by atoms with Gasteiger partial charge in [0, 0.05) is 6.92 Å². The van der Waals surface area contributed by atoms with Crippen LogP contribution in [0.5, 0.6) is 5.75 Å². The van der Waals surface area contributed by atoms with Crippen LogP contribution in [-0.2, 0) is 20.9 Å². The van der Waals surface area contributed by atoms with Gasteiger partial charge in [0.2, 0.25) is 5.75 Å². The standard InChI is InChI=1S/C13H14F2O4.C2H6/c1-7(2)13(17)19-12-10(14)4-9(5-11(12)15)6-18-8(3)16;1-2/h4-5,7H,6H2,1-3H3;1-2H3. The summed E-state index contributed by atoms with van der Waals surface area (Å²) in [4.78, 5) is 21.9. The molecule has 21 heavy (non-hydrogen) atoms. The molecular weight excluding hydrogens is 282 g/mol. The lowest BCUT2D eigenvalue weighted by atomic mass is 10.2. The van der Waals surface area contributed by atoms with Crippen LogP contribution < -0.4 is 4.74 Å². The first-order valence-electron chi connectivity index (χ1n) is 6.64. The van der Waals surface area contributed by atoms with E-state index in [4.69, 9.17) is 0 Å². The van der Waals surface area contributed by atoms with Gasteiger partial charge in [-0.05, 0) is 17.7 Å². The molecule has 6 heteroatoms. The van der Waals surface area contributed by atoms with Crippen LogP contribution in [-0.4, -0.2) is 11.9 Å². The molecule has 4 nitrogen and oxygen atoms in total. The molecule has 1 aromatic rings. The fourth-order valence-corrected chi connectivity index (χ4v) is 1.20. The lowest BCUT2D eigenvalue weighted by molar-refractivity contribution is -0.142. The maximum absolute atomic E-state index is 13.6. The largest absolute Gasteiger partial charge is 0.461 e. The molecule has 0 aliphatic carbocycles. The molecular formula is C15H20F2O4. The summed E-state index contributed by atoms with van der Waals surface area (Å²) in [6.45, 7) is 8.04. The van der Waals surface area contributed by atoms with Gasteiger partial charge in [0.15, 0.2) is 11.6 Å². The van der Waals surface area contributed by atoms with E-state index in [1.54, 1.807) is 13.8 Å². The van der Waals surface area contributed by atoms with Crippen LogP contribution in [0.4, 0.5) is 8.78 Å². The monoisotopic (exact) mass is 302 g/mol. The number of hydrogen-bond acceptors (Lipinski definition) is 4. The van der Waals surface area contributed by atoms with E-state index in [1.807, 2.05) is 13.8 Å². The quantitative estimate of drug-likeness (QED) is 0.629. The van der Waals surface area contributed by atoms with Gasteiger partial charge in [0.25, 0.3) is 0 Å². The number of carbonyl (C=O) groups is 2. The summed E-state index contributed by atoms with van der Waals surface area (Å²) < 4.78 is 36.4. The summed E-state index contributed by atoms with van der Waals surface area (Å²) in [6, 6.07) is 1.91. The van der Waals surface area contributed by atoms with Crippen LogP contribution in [0.25, 0.3) is 0 Å². The Balaban J connectivity index is 0.00000191. The summed E-state index contributed by atoms with van der Waals surface area (Å²) in [6.07, 6.45) is 0. The van der Waals surface area contributed by atoms with Crippen molar-refractivity contribution in [2.75, 3.05) is 0 Å². The molecule has 1 rings (SSSR count). The smallest absolute Gasteiger partial charge is 0.313 e. The van der Waals surface area contributed by atoms with Gasteiger partial charge in [0.05, 0.1) is 5.92 Å². The minimum atomic E-state index is -1.02. The molecule has 0 saturated heterocycles. The average molecular weight is 302 g/mol. The predicted octanol–water partition coefficient (Wildman–Crippen LogP) is 3.62. The van der Waals surface area contributed by atoms with Crippen molar-refractivity contribution in [2.24, 2.45) is 5.92 Å². The molecule has 1 aromatic carbocycles. The highest BCUT2D eigenvalue weighted by atomic mass is 19.1. The number of rotatable bonds is 4. The van der Waals surface area contributed by atoms with Crippen molar-refractivity contribution in [3.05, 3.63) is 29.3 Å². The summed E-state index contributed by atoms with van der Waals surface area (Å²) >= 11 is 0. The van der Waals surface area contributed by atoms with Crippen LogP contribution in [0.15, 0.2) is 12.1 Å². The molecule has 0 saturated carbocycles. The molecule has 0 heterocycles. The average Bonchev–Trinajstić information content (AvgIpc) is 2.42. The molecule has 0 fully saturated rings. The summed E-state index contributed by atoms with van der Waals surface area (Å²) in [5.74, 6) is -4.57. The fourth-order valence-electron chi connectivity index (χ4n) is 1.20. The Labute approximate surface area is 123 Å². The van der Waals surface area contributed by atoms with E-state index in [-0.39, 0.29) is 12.2 Å². The lowest BCUT2D eigenvalue weighted by Gasteiger charge is -2.10. The van der Waals surface area contributed by atoms with Gasteiger partial charge >= 0.3 is 11.9 Å². The van der Waals surface area contributed by atoms with Gasteiger partial charge in [-0.15, -0.1) is 0 Å². The zero-order chi connectivity index (χ0) is 16.6. The van der Waals surface area contributed by atoms with Crippen molar-refractivity contribution in [1.82, 2.24) is 0 Å². The molecule has 0 aliphatic rings. The second-order valence-electron chi connectivity index (χ2n) is 4.24. The Hall–Kier alpha value is -1.98. The third-order valence-corrected chi connectivity index (χ3v) is 2.17. The van der Waals surface area contributed by atoms with Crippen molar-refractivity contribution in [3.63, 3.8) is 0 Å². The van der Waals surface area contributed by atoms with Crippen molar-refractivity contribution in [3.8, 4) is 5.75 Å². The van der Waals surface area contributed by atoms with Crippen molar-refractivity contribution >= 4 is 11.9 Å². The molecule has 0 unspecified atom stereocenters. The highest BCUT2D eigenvalue weighted by molar-refractivity contribution is 5.74. The van der Waals surface area contributed by atoms with E-state index in [0.29, 0.717) is 0 Å². The summed E-state index contributed by atoms with van der Waals surface area (Å²) in [5.41, 5.74) is 0.134. The highest BCUT2D eigenvalue weighted by Crippen LogP contribution is 2.24. The number of benzene rings is 1. The SMILES string of the molecule is CC.CC(=O)OCc1cc(F)c(OC(=O)C(C)C)c(F)c1. The number of carbonyl (C=O) groups excluding carboxylic acids is 2. The number of halogens is 2. The van der Waals surface area contributed by atoms with E-state index in [9.17, 15) is 18.4 Å². The van der Waals surface area contributed by atoms with E-state index in [1.165, 1.54) is 6.92 Å². The van der Waals surface area contributed by atoms with Crippen LogP contribution in [0.1, 0.15) is 40.2 Å². The minimum Gasteiger partial charge on any atom is -0.461 e. The highest BCUT2D eigenvalue weighted by Gasteiger charge is 2.18. The number of esters is 2. The van der Waals surface area contributed by atoms with Crippen molar-refractivity contribution < 1.29 is 27.8 Å². The van der Waals surface area contributed by atoms with E-state index < -0.39 is 35.2 Å². The molecule has 0 bridgehead atoms. The number of ether oxygens (including phenoxy) is 2. The van der Waals surface area contributed by atoms with Gasteiger partial charge in [-0.2, -0.15) is 0 Å². The lowest BCUT2D eigenvalue weighted by Crippen LogP contribution is -2.16. The second kappa shape index (κ2) is 9.05. The van der Waals surface area contributed by atoms with Crippen molar-refractivity contribution in [1.29, 1.82) is 0 Å². The molecule has 0 aromatic heterocycles. The van der Waals surface area contributed by atoms with E-state index in [2.05, 4.69) is 9.47 Å². The van der Waals surface area contributed by atoms with E-state index in [0.717, 1.165) is 12.1 Å². The van der Waals surface area contributed by atoms with Gasteiger partial charge < -0.3 is 9.47 Å². The Bertz CT molecular complexity index is 475. The van der Waals surface area contributed by atoms with Crippen LogP contribution >= 0.6 is 0 Å².